The van der Waals surface area contributed by atoms with Crippen LogP contribution in [0.5, 0.6) is 0 Å². The number of carbonyl (C=O) groups is 1. The van der Waals surface area contributed by atoms with E-state index < -0.39 is 0 Å². The number of hydrogen-bond acceptors (Lipinski definition) is 6. The van der Waals surface area contributed by atoms with E-state index in [2.05, 4.69) is 21.5 Å². The van der Waals surface area contributed by atoms with E-state index in [9.17, 15) is 4.79 Å². The Labute approximate surface area is 169 Å². The molecule has 1 N–H and O–H groups in total. The zero-order valence-electron chi connectivity index (χ0n) is 16.3. The second-order valence-electron chi connectivity index (χ2n) is 7.61. The Bertz CT molecular complexity index is 1080. The fourth-order valence-electron chi connectivity index (χ4n) is 4.22. The lowest BCUT2D eigenvalue weighted by molar-refractivity contribution is 0.0676. The number of hydrazine groups is 1. The maximum absolute atomic E-state index is 13.2. The number of hydrogen-bond donors (Lipinski definition) is 1. The summed E-state index contributed by atoms with van der Waals surface area (Å²) in [6.45, 7) is 4.07. The van der Waals surface area contributed by atoms with Crippen molar-refractivity contribution in [2.45, 2.75) is 19.8 Å². The molecule has 3 aliphatic heterocycles. The molecule has 1 amide bonds. The lowest BCUT2D eigenvalue weighted by atomic mass is 9.92. The van der Waals surface area contributed by atoms with E-state index in [0.29, 0.717) is 18.7 Å². The van der Waals surface area contributed by atoms with Crippen LogP contribution in [0.1, 0.15) is 30.1 Å². The summed E-state index contributed by atoms with van der Waals surface area (Å²) in [5.41, 5.74) is 6.84. The van der Waals surface area contributed by atoms with Gasteiger partial charge in [-0.25, -0.2) is 10.0 Å². The molecule has 1 aromatic heterocycles. The van der Waals surface area contributed by atoms with E-state index in [4.69, 9.17) is 4.42 Å². The Morgan fingerprint density at radius 3 is 3.17 bits per heavy atom. The van der Waals surface area contributed by atoms with Crippen molar-refractivity contribution in [2.75, 3.05) is 19.6 Å². The second kappa shape index (κ2) is 7.24. The minimum atomic E-state index is 0.0701. The van der Waals surface area contributed by atoms with Gasteiger partial charge in [-0.3, -0.25) is 15.2 Å². The van der Waals surface area contributed by atoms with Gasteiger partial charge in [0.25, 0.3) is 5.91 Å². The summed E-state index contributed by atoms with van der Waals surface area (Å²) < 4.78 is 5.39. The van der Waals surface area contributed by atoms with Gasteiger partial charge in [0.2, 0.25) is 0 Å². The van der Waals surface area contributed by atoms with Crippen molar-refractivity contribution in [3.63, 3.8) is 0 Å². The lowest BCUT2D eigenvalue weighted by Crippen LogP contribution is -2.46. The smallest absolute Gasteiger partial charge is 0.253 e. The van der Waals surface area contributed by atoms with Gasteiger partial charge in [0.15, 0.2) is 0 Å². The van der Waals surface area contributed by atoms with Crippen LogP contribution in [-0.2, 0) is 0 Å². The van der Waals surface area contributed by atoms with Crippen molar-refractivity contribution in [3.05, 3.63) is 59.8 Å². The third-order valence-electron chi connectivity index (χ3n) is 5.62. The highest BCUT2D eigenvalue weighted by Crippen LogP contribution is 2.31. The lowest BCUT2D eigenvalue weighted by Gasteiger charge is -2.39. The van der Waals surface area contributed by atoms with Crippen molar-refractivity contribution in [1.82, 2.24) is 15.3 Å². The number of furan rings is 1. The largest absolute Gasteiger partial charge is 0.464 e. The summed E-state index contributed by atoms with van der Waals surface area (Å²) in [5, 5.41) is 2.95. The Kier molecular flexibility index (Phi) is 4.42. The normalized spacial score (nSPS) is 21.7. The van der Waals surface area contributed by atoms with Crippen LogP contribution in [0.25, 0.3) is 11.0 Å². The number of nitrogens with one attached hydrogen (secondary N) is 1. The Balaban J connectivity index is 1.39. The molecule has 0 radical (unpaired) electrons. The van der Waals surface area contributed by atoms with E-state index in [1.807, 2.05) is 47.2 Å². The Hall–Kier alpha value is -3.35. The van der Waals surface area contributed by atoms with E-state index in [1.165, 1.54) is 0 Å². The number of likely N-dealkylation sites (tertiary alicyclic amines) is 1. The molecule has 1 unspecified atom stereocenters. The number of carbonyl (C=O) groups excluding carboxylic acids is 1. The molecule has 0 spiro atoms. The van der Waals surface area contributed by atoms with Crippen LogP contribution < -0.4 is 5.43 Å². The number of amides is 1. The first-order valence-electron chi connectivity index (χ1n) is 9.97. The van der Waals surface area contributed by atoms with Crippen LogP contribution in [-0.4, -0.2) is 47.5 Å². The zero-order valence-corrected chi connectivity index (χ0v) is 16.3. The average molecular weight is 389 g/mol. The minimum Gasteiger partial charge on any atom is -0.464 e. The highest BCUT2D eigenvalue weighted by atomic mass is 16.3. The summed E-state index contributed by atoms with van der Waals surface area (Å²) in [6, 6.07) is 7.52. The number of nitrogens with zero attached hydrogens (tertiary/aromatic N) is 4. The zero-order chi connectivity index (χ0) is 19.8. The predicted molar refractivity (Wildman–Crippen MR) is 112 cm³/mol. The topological polar surface area (TPSA) is 73.4 Å². The summed E-state index contributed by atoms with van der Waals surface area (Å²) in [7, 11) is 0. The van der Waals surface area contributed by atoms with Gasteiger partial charge in [-0.15, -0.1) is 0 Å². The van der Waals surface area contributed by atoms with Gasteiger partial charge in [0.05, 0.1) is 12.8 Å². The Morgan fingerprint density at radius 1 is 1.31 bits per heavy atom. The fourth-order valence-corrected chi connectivity index (χ4v) is 4.22. The van der Waals surface area contributed by atoms with Gasteiger partial charge in [-0.2, -0.15) is 0 Å². The molecule has 7 nitrogen and oxygen atoms in total. The number of aliphatic imine (C=N–C) groups is 2. The average Bonchev–Trinajstić information content (AvgIpc) is 3.09. The van der Waals surface area contributed by atoms with Gasteiger partial charge < -0.3 is 9.32 Å². The number of allylic oxidation sites excluding steroid dienone is 1. The van der Waals surface area contributed by atoms with Crippen LogP contribution in [0.3, 0.4) is 0 Å². The van der Waals surface area contributed by atoms with Gasteiger partial charge in [-0.05, 0) is 56.2 Å². The third-order valence-corrected chi connectivity index (χ3v) is 5.62. The van der Waals surface area contributed by atoms with Crippen LogP contribution in [0.2, 0.25) is 0 Å². The molecular weight excluding hydrogens is 366 g/mol. The predicted octanol–water partition coefficient (Wildman–Crippen LogP) is 3.33. The van der Waals surface area contributed by atoms with Crippen molar-refractivity contribution in [1.29, 1.82) is 0 Å². The maximum atomic E-state index is 13.2. The van der Waals surface area contributed by atoms with Crippen molar-refractivity contribution in [3.8, 4) is 0 Å². The first-order valence-corrected chi connectivity index (χ1v) is 9.97. The van der Waals surface area contributed by atoms with E-state index in [-0.39, 0.29) is 11.8 Å². The Morgan fingerprint density at radius 2 is 2.24 bits per heavy atom. The second-order valence-corrected chi connectivity index (χ2v) is 7.61. The number of benzene rings is 1. The van der Waals surface area contributed by atoms with Crippen molar-refractivity contribution < 1.29 is 9.21 Å². The summed E-state index contributed by atoms with van der Waals surface area (Å²) in [6.07, 6.45) is 9.49. The monoisotopic (exact) mass is 389 g/mol. The highest BCUT2D eigenvalue weighted by molar-refractivity contribution is 5.98. The third kappa shape index (κ3) is 3.33. The summed E-state index contributed by atoms with van der Waals surface area (Å²) >= 11 is 0. The number of piperidine rings is 1. The van der Waals surface area contributed by atoms with Crippen LogP contribution in [0.15, 0.2) is 68.6 Å². The summed E-state index contributed by atoms with van der Waals surface area (Å²) in [4.78, 5) is 24.1. The van der Waals surface area contributed by atoms with E-state index in [1.54, 1.807) is 12.6 Å². The molecule has 5 rings (SSSR count). The molecular formula is C22H23N5O2. The molecule has 3 aliphatic rings. The van der Waals surface area contributed by atoms with E-state index in [0.717, 1.165) is 47.6 Å². The molecule has 1 aromatic carbocycles. The molecule has 148 valence electrons. The molecule has 1 fully saturated rings. The van der Waals surface area contributed by atoms with Gasteiger partial charge in [0, 0.05) is 41.4 Å². The quantitative estimate of drug-likeness (QED) is 0.855. The molecule has 0 aliphatic carbocycles. The van der Waals surface area contributed by atoms with Gasteiger partial charge in [0.1, 0.15) is 17.7 Å². The molecule has 0 bridgehead atoms. The number of fused-ring (bicyclic) bond motifs is 2. The van der Waals surface area contributed by atoms with Gasteiger partial charge >= 0.3 is 0 Å². The van der Waals surface area contributed by atoms with Crippen molar-refractivity contribution >= 4 is 28.9 Å². The summed E-state index contributed by atoms with van der Waals surface area (Å²) in [5.74, 6) is 1.17. The molecule has 1 atom stereocenters. The first kappa shape index (κ1) is 17.7. The molecule has 1 saturated heterocycles. The molecule has 4 heterocycles. The first-order chi connectivity index (χ1) is 14.2. The molecule has 7 heteroatoms. The highest BCUT2D eigenvalue weighted by Gasteiger charge is 2.32. The molecule has 2 aromatic rings. The van der Waals surface area contributed by atoms with Crippen molar-refractivity contribution in [2.24, 2.45) is 15.9 Å². The minimum absolute atomic E-state index is 0.0701. The van der Waals surface area contributed by atoms with Gasteiger partial charge in [-0.1, -0.05) is 0 Å². The van der Waals surface area contributed by atoms with Crippen LogP contribution in [0.4, 0.5) is 0 Å². The van der Waals surface area contributed by atoms with Crippen LogP contribution >= 0.6 is 0 Å². The number of rotatable bonds is 2. The SMILES string of the molecule is CC1=NC2=CCN=CNN2C(C2CCCN(C(=O)c3ccc4occc4c3)C2)=C1. The standard InChI is InChI=1S/C22H23N5O2/c1-15-11-19(27-21(25-15)6-8-23-14-24-27)18-3-2-9-26(13-18)22(28)17-4-5-20-16(12-17)7-10-29-20/h4-7,10-12,14,18H,2-3,8-9,13H2,1H3,(H,23,24). The van der Waals surface area contributed by atoms with Crippen LogP contribution in [0, 0.1) is 5.92 Å². The fraction of sp³-hybridized carbons (Fsp3) is 0.318. The molecule has 0 saturated carbocycles. The van der Waals surface area contributed by atoms with E-state index >= 15 is 0 Å². The molecule has 29 heavy (non-hydrogen) atoms. The maximum Gasteiger partial charge on any atom is 0.253 e.